The van der Waals surface area contributed by atoms with Crippen LogP contribution in [0.25, 0.3) is 10.9 Å². The monoisotopic (exact) mass is 510 g/mol. The number of carbonyl (C=O) groups excluding carboxylic acids is 3. The number of nitrogens with one attached hydrogen (secondary N) is 1. The molecule has 1 N–H and O–H groups in total. The number of halogens is 2. The van der Waals surface area contributed by atoms with E-state index in [1.54, 1.807) is 29.2 Å². The predicted molar refractivity (Wildman–Crippen MR) is 136 cm³/mol. The van der Waals surface area contributed by atoms with Gasteiger partial charge < -0.3 is 14.8 Å². The summed E-state index contributed by atoms with van der Waals surface area (Å²) in [6.07, 6.45) is 2.41. The Morgan fingerprint density at radius 3 is 2.42 bits per heavy atom. The number of piperazine rings is 1. The summed E-state index contributed by atoms with van der Waals surface area (Å²) in [6, 6.07) is 9.72. The van der Waals surface area contributed by atoms with Crippen molar-refractivity contribution in [3.05, 3.63) is 70.1 Å². The van der Waals surface area contributed by atoms with E-state index < -0.39 is 11.7 Å². The van der Waals surface area contributed by atoms with Gasteiger partial charge >= 0.3 is 0 Å². The van der Waals surface area contributed by atoms with Gasteiger partial charge in [-0.1, -0.05) is 23.7 Å². The Hall–Kier alpha value is -3.23. The first-order chi connectivity index (χ1) is 17.2. The second kappa shape index (κ2) is 9.67. The molecule has 0 aliphatic carbocycles. The van der Waals surface area contributed by atoms with Gasteiger partial charge in [-0.15, -0.1) is 0 Å². The molecule has 0 spiro atoms. The molecule has 0 bridgehead atoms. The molecule has 2 amide bonds. The molecular formula is C27H28ClFN4O3. The molecule has 0 radical (unpaired) electrons. The molecule has 7 nitrogen and oxygen atoms in total. The van der Waals surface area contributed by atoms with Crippen molar-refractivity contribution in [2.75, 3.05) is 26.2 Å². The van der Waals surface area contributed by atoms with Gasteiger partial charge in [0.05, 0.1) is 16.1 Å². The second-order valence-electron chi connectivity index (χ2n) is 9.77. The molecule has 2 aliphatic heterocycles. The van der Waals surface area contributed by atoms with E-state index in [4.69, 9.17) is 11.6 Å². The highest BCUT2D eigenvalue weighted by molar-refractivity contribution is 6.45. The van der Waals surface area contributed by atoms with Crippen LogP contribution >= 0.6 is 11.6 Å². The predicted octanol–water partition coefficient (Wildman–Crippen LogP) is 4.11. The average Bonchev–Trinajstić information content (AvgIpc) is 3.22. The van der Waals surface area contributed by atoms with E-state index in [0.29, 0.717) is 49.2 Å². The van der Waals surface area contributed by atoms with Gasteiger partial charge in [0.15, 0.2) is 0 Å². The first kappa shape index (κ1) is 24.5. The van der Waals surface area contributed by atoms with Gasteiger partial charge in [-0.05, 0) is 50.1 Å². The number of nitrogens with zero attached hydrogens (tertiary/aromatic N) is 3. The summed E-state index contributed by atoms with van der Waals surface area (Å²) >= 11 is 6.51. The number of H-pyrrole nitrogens is 1. The lowest BCUT2D eigenvalue weighted by Crippen LogP contribution is -2.57. The first-order valence-corrected chi connectivity index (χ1v) is 12.5. The number of ketones is 1. The van der Waals surface area contributed by atoms with E-state index in [9.17, 15) is 18.8 Å². The normalized spacial score (nSPS) is 20.4. The Kier molecular flexibility index (Phi) is 6.57. The molecule has 2 aromatic carbocycles. The first-order valence-electron chi connectivity index (χ1n) is 12.2. The summed E-state index contributed by atoms with van der Waals surface area (Å²) in [5, 5.41) is 0.799. The fourth-order valence-corrected chi connectivity index (χ4v) is 5.20. The number of fused-ring (bicyclic) bond motifs is 1. The Labute approximate surface area is 213 Å². The number of likely N-dealkylation sites (tertiary alicyclic amines) is 1. The molecule has 3 heterocycles. The van der Waals surface area contributed by atoms with Gasteiger partial charge in [0.2, 0.25) is 0 Å². The zero-order valence-corrected chi connectivity index (χ0v) is 21.0. The Balaban J connectivity index is 1.36. The lowest BCUT2D eigenvalue weighted by Gasteiger charge is -2.44. The second-order valence-corrected chi connectivity index (χ2v) is 10.2. The number of carbonyl (C=O) groups is 3. The fourth-order valence-electron chi connectivity index (χ4n) is 4.95. The standard InChI is InChI=1S/C27H28ClFN4O3/c1-16-14-33(17(2)13-32(16)15-18-4-6-19(29)7-5-18)26(35)21-10-20-22(12-30-24(20)11-23(21)28)25(34)27(36)31-8-3-9-31/h4-7,10-12,16-17,30H,3,8-9,13-15H2,1-2H3/t16-,17+/m0/s1. The molecule has 0 saturated carbocycles. The maximum Gasteiger partial charge on any atom is 0.295 e. The quantitative estimate of drug-likeness (QED) is 0.414. The van der Waals surface area contributed by atoms with Gasteiger partial charge in [0.1, 0.15) is 5.82 Å². The van der Waals surface area contributed by atoms with Crippen LogP contribution in [-0.4, -0.2) is 75.5 Å². The minimum absolute atomic E-state index is 0.0799. The third-order valence-corrected chi connectivity index (χ3v) is 7.57. The van der Waals surface area contributed by atoms with Crippen LogP contribution in [-0.2, 0) is 11.3 Å². The molecule has 2 atom stereocenters. The van der Waals surface area contributed by atoms with Crippen molar-refractivity contribution < 1.29 is 18.8 Å². The van der Waals surface area contributed by atoms with Crippen LogP contribution in [0.3, 0.4) is 0 Å². The molecule has 5 rings (SSSR count). The van der Waals surface area contributed by atoms with Crippen molar-refractivity contribution in [1.82, 2.24) is 19.7 Å². The van der Waals surface area contributed by atoms with Crippen molar-refractivity contribution in [2.45, 2.75) is 38.9 Å². The summed E-state index contributed by atoms with van der Waals surface area (Å²) < 4.78 is 13.3. The van der Waals surface area contributed by atoms with Crippen molar-refractivity contribution in [3.63, 3.8) is 0 Å². The van der Waals surface area contributed by atoms with Crippen molar-refractivity contribution in [3.8, 4) is 0 Å². The number of benzene rings is 2. The summed E-state index contributed by atoms with van der Waals surface area (Å²) in [4.78, 5) is 47.6. The summed E-state index contributed by atoms with van der Waals surface area (Å²) in [5.41, 5.74) is 2.17. The zero-order chi connectivity index (χ0) is 25.6. The summed E-state index contributed by atoms with van der Waals surface area (Å²) in [7, 11) is 0. The number of rotatable bonds is 5. The van der Waals surface area contributed by atoms with Crippen LogP contribution in [0.4, 0.5) is 4.39 Å². The van der Waals surface area contributed by atoms with E-state index >= 15 is 0 Å². The summed E-state index contributed by atoms with van der Waals surface area (Å²) in [5.74, 6) is -1.58. The van der Waals surface area contributed by atoms with E-state index in [2.05, 4.69) is 16.8 Å². The van der Waals surface area contributed by atoms with E-state index in [1.807, 2.05) is 6.92 Å². The van der Waals surface area contributed by atoms with Crippen LogP contribution < -0.4 is 0 Å². The van der Waals surface area contributed by atoms with Crippen LogP contribution in [0.2, 0.25) is 5.02 Å². The lowest BCUT2D eigenvalue weighted by atomic mass is 10.0. The maximum atomic E-state index is 13.6. The number of Topliss-reactive ketones (excluding diaryl/α,β-unsaturated/α-hetero) is 1. The molecule has 36 heavy (non-hydrogen) atoms. The number of aromatic nitrogens is 1. The molecule has 3 aromatic rings. The summed E-state index contributed by atoms with van der Waals surface area (Å²) in [6.45, 7) is 7.05. The van der Waals surface area contributed by atoms with Crippen molar-refractivity contribution in [2.24, 2.45) is 0 Å². The van der Waals surface area contributed by atoms with Crippen LogP contribution in [0.15, 0.2) is 42.6 Å². The lowest BCUT2D eigenvalue weighted by molar-refractivity contribution is -0.129. The molecule has 2 saturated heterocycles. The maximum absolute atomic E-state index is 13.6. The van der Waals surface area contributed by atoms with Gasteiger partial charge in [-0.25, -0.2) is 4.39 Å². The Bertz CT molecular complexity index is 1330. The minimum atomic E-state index is -0.585. The molecule has 9 heteroatoms. The van der Waals surface area contributed by atoms with Crippen LogP contribution in [0.1, 0.15) is 46.5 Å². The molecule has 188 valence electrons. The van der Waals surface area contributed by atoms with Gasteiger partial charge in [0, 0.05) is 61.9 Å². The molecular weight excluding hydrogens is 483 g/mol. The third kappa shape index (κ3) is 4.51. The van der Waals surface area contributed by atoms with Gasteiger partial charge in [0.25, 0.3) is 17.6 Å². The van der Waals surface area contributed by atoms with E-state index in [-0.39, 0.29) is 34.4 Å². The van der Waals surface area contributed by atoms with E-state index in [0.717, 1.165) is 12.0 Å². The number of hydrogen-bond acceptors (Lipinski definition) is 4. The highest BCUT2D eigenvalue weighted by Gasteiger charge is 2.34. The number of hydrogen-bond donors (Lipinski definition) is 1. The number of amides is 2. The van der Waals surface area contributed by atoms with E-state index in [1.165, 1.54) is 23.2 Å². The molecule has 2 fully saturated rings. The van der Waals surface area contributed by atoms with Crippen LogP contribution in [0.5, 0.6) is 0 Å². The molecule has 0 unspecified atom stereocenters. The fraction of sp³-hybridized carbons (Fsp3) is 0.370. The smallest absolute Gasteiger partial charge is 0.295 e. The van der Waals surface area contributed by atoms with Gasteiger partial charge in [-0.2, -0.15) is 0 Å². The molecule has 1 aromatic heterocycles. The Morgan fingerprint density at radius 1 is 1.03 bits per heavy atom. The highest BCUT2D eigenvalue weighted by Crippen LogP contribution is 2.30. The third-order valence-electron chi connectivity index (χ3n) is 7.26. The average molecular weight is 511 g/mol. The SMILES string of the molecule is C[C@@H]1CN(Cc2ccc(F)cc2)[C@@H](C)CN1C(=O)c1cc2c(C(=O)C(=O)N3CCC3)c[nH]c2cc1Cl. The Morgan fingerprint density at radius 2 is 1.75 bits per heavy atom. The van der Waals surface area contributed by atoms with Crippen molar-refractivity contribution >= 4 is 40.1 Å². The minimum Gasteiger partial charge on any atom is -0.360 e. The van der Waals surface area contributed by atoms with Gasteiger partial charge in [-0.3, -0.25) is 19.3 Å². The highest BCUT2D eigenvalue weighted by atomic mass is 35.5. The number of aromatic amines is 1. The van der Waals surface area contributed by atoms with Crippen molar-refractivity contribution in [1.29, 1.82) is 0 Å². The topological polar surface area (TPSA) is 76.7 Å². The molecule has 2 aliphatic rings. The zero-order valence-electron chi connectivity index (χ0n) is 20.3. The largest absolute Gasteiger partial charge is 0.360 e. The van der Waals surface area contributed by atoms with Crippen LogP contribution in [0, 0.1) is 5.82 Å².